The number of ether oxygens (including phenoxy) is 1. The zero-order chi connectivity index (χ0) is 18.4. The van der Waals surface area contributed by atoms with Crippen LogP contribution in [0.25, 0.3) is 0 Å². The molecule has 0 bridgehead atoms. The van der Waals surface area contributed by atoms with Crippen molar-refractivity contribution >= 4 is 23.2 Å². The number of anilines is 1. The summed E-state index contributed by atoms with van der Waals surface area (Å²) in [5, 5.41) is 3.51. The van der Waals surface area contributed by atoms with Gasteiger partial charge in [0.2, 0.25) is 5.91 Å². The van der Waals surface area contributed by atoms with Crippen LogP contribution in [0.5, 0.6) is 0 Å². The molecule has 3 rings (SSSR count). The Morgan fingerprint density at radius 3 is 2.58 bits per heavy atom. The molecule has 0 aliphatic carbocycles. The highest BCUT2D eigenvalue weighted by molar-refractivity contribution is 6.31. The molecule has 26 heavy (non-hydrogen) atoms. The van der Waals surface area contributed by atoms with Crippen LogP contribution >= 0.6 is 11.6 Å². The van der Waals surface area contributed by atoms with Crippen molar-refractivity contribution in [3.8, 4) is 0 Å². The van der Waals surface area contributed by atoms with Gasteiger partial charge in [-0.2, -0.15) is 0 Å². The van der Waals surface area contributed by atoms with E-state index in [1.54, 1.807) is 18.2 Å². The molecule has 0 atom stereocenters. The minimum absolute atomic E-state index is 0.0914. The van der Waals surface area contributed by atoms with Gasteiger partial charge in [0, 0.05) is 36.8 Å². The standard InChI is InChI=1S/C20H22ClFN2O2/c21-19-13-18(7-4-16(19)14-24-9-11-26-12-10-24)23-20(25)8-3-15-1-5-17(22)6-2-15/h1-2,4-7,13H,3,8-12,14H2,(H,23,25). The molecule has 138 valence electrons. The summed E-state index contributed by atoms with van der Waals surface area (Å²) in [5.74, 6) is -0.365. The lowest BCUT2D eigenvalue weighted by Gasteiger charge is -2.27. The number of nitrogens with one attached hydrogen (secondary N) is 1. The summed E-state index contributed by atoms with van der Waals surface area (Å²) in [7, 11) is 0. The molecule has 0 unspecified atom stereocenters. The Hall–Kier alpha value is -1.95. The molecule has 0 radical (unpaired) electrons. The van der Waals surface area contributed by atoms with Crippen LogP contribution in [-0.4, -0.2) is 37.1 Å². The molecule has 0 aromatic heterocycles. The number of morpholine rings is 1. The fourth-order valence-corrected chi connectivity index (χ4v) is 3.13. The van der Waals surface area contributed by atoms with Gasteiger partial charge >= 0.3 is 0 Å². The van der Waals surface area contributed by atoms with E-state index in [0.29, 0.717) is 23.6 Å². The highest BCUT2D eigenvalue weighted by atomic mass is 35.5. The van der Waals surface area contributed by atoms with Crippen molar-refractivity contribution in [1.82, 2.24) is 4.90 Å². The van der Waals surface area contributed by atoms with Crippen LogP contribution in [0.2, 0.25) is 5.02 Å². The van der Waals surface area contributed by atoms with E-state index in [9.17, 15) is 9.18 Å². The molecule has 2 aromatic carbocycles. The first kappa shape index (κ1) is 18.8. The maximum Gasteiger partial charge on any atom is 0.224 e. The van der Waals surface area contributed by atoms with Gasteiger partial charge in [-0.3, -0.25) is 9.69 Å². The monoisotopic (exact) mass is 376 g/mol. The summed E-state index contributed by atoms with van der Waals surface area (Å²) in [6.07, 6.45) is 0.897. The predicted molar refractivity (Wildman–Crippen MR) is 101 cm³/mol. The Morgan fingerprint density at radius 2 is 1.88 bits per heavy atom. The van der Waals surface area contributed by atoms with Crippen molar-refractivity contribution in [3.05, 3.63) is 64.4 Å². The van der Waals surface area contributed by atoms with Crippen molar-refractivity contribution in [2.75, 3.05) is 31.6 Å². The Kier molecular flexibility index (Phi) is 6.61. The van der Waals surface area contributed by atoms with Crippen LogP contribution < -0.4 is 5.32 Å². The molecule has 2 aromatic rings. The molecule has 6 heteroatoms. The number of carbonyl (C=O) groups is 1. The van der Waals surface area contributed by atoms with E-state index in [2.05, 4.69) is 10.2 Å². The van der Waals surface area contributed by atoms with Crippen LogP contribution in [-0.2, 0) is 22.5 Å². The van der Waals surface area contributed by atoms with Gasteiger partial charge in [0.25, 0.3) is 0 Å². The van der Waals surface area contributed by atoms with Crippen LogP contribution in [0.1, 0.15) is 17.5 Å². The molecule has 1 heterocycles. The smallest absolute Gasteiger partial charge is 0.224 e. The van der Waals surface area contributed by atoms with Crippen LogP contribution in [0.3, 0.4) is 0 Å². The molecular weight excluding hydrogens is 355 g/mol. The maximum absolute atomic E-state index is 12.9. The number of aryl methyl sites for hydroxylation is 1. The second-order valence-corrected chi connectivity index (χ2v) is 6.78. The van der Waals surface area contributed by atoms with Gasteiger partial charge in [-0.05, 0) is 41.8 Å². The minimum Gasteiger partial charge on any atom is -0.379 e. The fraction of sp³-hybridized carbons (Fsp3) is 0.350. The lowest BCUT2D eigenvalue weighted by atomic mass is 10.1. The largest absolute Gasteiger partial charge is 0.379 e. The third kappa shape index (κ3) is 5.53. The normalized spacial score (nSPS) is 15.0. The second kappa shape index (κ2) is 9.12. The first-order valence-electron chi connectivity index (χ1n) is 8.73. The summed E-state index contributed by atoms with van der Waals surface area (Å²) in [6, 6.07) is 11.8. The van der Waals surface area contributed by atoms with Gasteiger partial charge in [-0.1, -0.05) is 29.8 Å². The average molecular weight is 377 g/mol. The number of hydrogen-bond donors (Lipinski definition) is 1. The predicted octanol–water partition coefficient (Wildman–Crippen LogP) is 3.88. The summed E-state index contributed by atoms with van der Waals surface area (Å²) in [4.78, 5) is 14.4. The lowest BCUT2D eigenvalue weighted by molar-refractivity contribution is -0.116. The molecule has 4 nitrogen and oxygen atoms in total. The number of benzene rings is 2. The number of hydrogen-bond acceptors (Lipinski definition) is 3. The molecule has 0 spiro atoms. The third-order valence-electron chi connectivity index (χ3n) is 4.39. The lowest BCUT2D eigenvalue weighted by Crippen LogP contribution is -2.35. The van der Waals surface area contributed by atoms with Gasteiger partial charge in [0.05, 0.1) is 13.2 Å². The summed E-state index contributed by atoms with van der Waals surface area (Å²) >= 11 is 6.38. The maximum atomic E-state index is 12.9. The summed E-state index contributed by atoms with van der Waals surface area (Å²) < 4.78 is 18.2. The molecule has 0 saturated carbocycles. The average Bonchev–Trinajstić information content (AvgIpc) is 2.64. The van der Waals surface area contributed by atoms with Crippen molar-refractivity contribution in [2.24, 2.45) is 0 Å². The van der Waals surface area contributed by atoms with Crippen molar-refractivity contribution in [3.63, 3.8) is 0 Å². The second-order valence-electron chi connectivity index (χ2n) is 6.37. The Morgan fingerprint density at radius 1 is 1.15 bits per heavy atom. The third-order valence-corrected chi connectivity index (χ3v) is 4.74. The molecule has 1 aliphatic rings. The van der Waals surface area contributed by atoms with Gasteiger partial charge in [0.15, 0.2) is 0 Å². The topological polar surface area (TPSA) is 41.6 Å². The van der Waals surface area contributed by atoms with Crippen molar-refractivity contribution in [2.45, 2.75) is 19.4 Å². The van der Waals surface area contributed by atoms with Gasteiger partial charge in [-0.25, -0.2) is 4.39 Å². The number of carbonyl (C=O) groups excluding carboxylic acids is 1. The van der Waals surface area contributed by atoms with Crippen LogP contribution in [0.15, 0.2) is 42.5 Å². The SMILES string of the molecule is O=C(CCc1ccc(F)cc1)Nc1ccc(CN2CCOCC2)c(Cl)c1. The van der Waals surface area contributed by atoms with Crippen molar-refractivity contribution in [1.29, 1.82) is 0 Å². The number of halogens is 2. The molecule has 1 N–H and O–H groups in total. The minimum atomic E-state index is -0.273. The van der Waals surface area contributed by atoms with E-state index in [-0.39, 0.29) is 11.7 Å². The Labute approximate surface area is 157 Å². The highest BCUT2D eigenvalue weighted by Crippen LogP contribution is 2.23. The quantitative estimate of drug-likeness (QED) is 0.831. The summed E-state index contributed by atoms with van der Waals surface area (Å²) in [5.41, 5.74) is 2.66. The van der Waals surface area contributed by atoms with Crippen LogP contribution in [0, 0.1) is 5.82 Å². The van der Waals surface area contributed by atoms with E-state index in [1.807, 2.05) is 12.1 Å². The first-order chi connectivity index (χ1) is 12.6. The number of nitrogens with zero attached hydrogens (tertiary/aromatic N) is 1. The first-order valence-corrected chi connectivity index (χ1v) is 9.11. The zero-order valence-electron chi connectivity index (χ0n) is 14.5. The van der Waals surface area contributed by atoms with Gasteiger partial charge in [-0.15, -0.1) is 0 Å². The molecule has 1 amide bonds. The molecule has 1 fully saturated rings. The Bertz CT molecular complexity index is 746. The van der Waals surface area contributed by atoms with E-state index < -0.39 is 0 Å². The highest BCUT2D eigenvalue weighted by Gasteiger charge is 2.13. The number of rotatable bonds is 6. The molecule has 1 saturated heterocycles. The van der Waals surface area contributed by atoms with E-state index in [1.165, 1.54) is 12.1 Å². The van der Waals surface area contributed by atoms with Crippen LogP contribution in [0.4, 0.5) is 10.1 Å². The van der Waals surface area contributed by atoms with Gasteiger partial charge < -0.3 is 10.1 Å². The number of amides is 1. The van der Waals surface area contributed by atoms with E-state index >= 15 is 0 Å². The Balaban J connectivity index is 1.51. The van der Waals surface area contributed by atoms with E-state index in [4.69, 9.17) is 16.3 Å². The molecular formula is C20H22ClFN2O2. The van der Waals surface area contributed by atoms with Crippen molar-refractivity contribution < 1.29 is 13.9 Å². The zero-order valence-corrected chi connectivity index (χ0v) is 15.3. The molecule has 1 aliphatic heterocycles. The fourth-order valence-electron chi connectivity index (χ4n) is 2.89. The van der Waals surface area contributed by atoms with Gasteiger partial charge in [0.1, 0.15) is 5.82 Å². The summed E-state index contributed by atoms with van der Waals surface area (Å²) in [6.45, 7) is 4.08. The van der Waals surface area contributed by atoms with E-state index in [0.717, 1.165) is 44.0 Å².